The lowest BCUT2D eigenvalue weighted by atomic mass is 10.2. The molecule has 0 fully saturated rings. The van der Waals surface area contributed by atoms with Crippen LogP contribution in [0, 0.1) is 3.77 Å². The van der Waals surface area contributed by atoms with Gasteiger partial charge in [0, 0.05) is 34.2 Å². The quantitative estimate of drug-likeness (QED) is 0.442. The minimum Gasteiger partial charge on any atom is -0.497 e. The lowest BCUT2D eigenvalue weighted by Gasteiger charge is -2.01. The summed E-state index contributed by atoms with van der Waals surface area (Å²) in [6.07, 6.45) is 1.44. The second kappa shape index (κ2) is 6.89. The van der Waals surface area contributed by atoms with Crippen LogP contribution in [0.15, 0.2) is 44.3 Å². The van der Waals surface area contributed by atoms with Gasteiger partial charge in [-0.2, -0.15) is 5.10 Å². The van der Waals surface area contributed by atoms with Gasteiger partial charge in [-0.05, 0) is 40.2 Å². The van der Waals surface area contributed by atoms with Crippen molar-refractivity contribution in [2.24, 2.45) is 5.10 Å². The van der Waals surface area contributed by atoms with Gasteiger partial charge in [-0.25, -0.2) is 5.43 Å². The zero-order chi connectivity index (χ0) is 14.5. The number of rotatable bonds is 4. The molecule has 0 atom stereocenters. The highest BCUT2D eigenvalue weighted by atomic mass is 127. The van der Waals surface area contributed by atoms with Crippen molar-refractivity contribution in [3.63, 3.8) is 0 Å². The topological polar surface area (TPSA) is 63.8 Å². The van der Waals surface area contributed by atoms with Gasteiger partial charge < -0.3 is 9.15 Å². The fourth-order valence-electron chi connectivity index (χ4n) is 1.39. The highest BCUT2D eigenvalue weighted by molar-refractivity contribution is 14.1. The number of hydrogen-bond acceptors (Lipinski definition) is 4. The second-order valence-electron chi connectivity index (χ2n) is 3.70. The number of benzene rings is 1. The predicted molar refractivity (Wildman–Crippen MR) is 87.2 cm³/mol. The van der Waals surface area contributed by atoms with E-state index < -0.39 is 0 Å². The van der Waals surface area contributed by atoms with E-state index in [2.05, 4.69) is 49.0 Å². The van der Waals surface area contributed by atoms with Crippen LogP contribution in [0.25, 0.3) is 0 Å². The summed E-state index contributed by atoms with van der Waals surface area (Å²) in [5.41, 5.74) is 2.92. The van der Waals surface area contributed by atoms with Crippen molar-refractivity contribution in [3.05, 3.63) is 49.9 Å². The standard InChI is InChI=1S/C13H10BrIN2O3/c1-19-9-4-2-8(3-5-9)13(18)17-16-7-10-6-11(14)12(15)20-10/h2-7H,1H3,(H,17,18)/b16-7-. The highest BCUT2D eigenvalue weighted by Gasteiger charge is 2.05. The number of hydrazone groups is 1. The van der Waals surface area contributed by atoms with Gasteiger partial charge in [-0.15, -0.1) is 0 Å². The molecule has 0 aliphatic carbocycles. The molecule has 0 unspecified atom stereocenters. The largest absolute Gasteiger partial charge is 0.497 e. The van der Waals surface area contributed by atoms with Gasteiger partial charge in [0.2, 0.25) is 0 Å². The average Bonchev–Trinajstić information content (AvgIpc) is 2.77. The Labute approximate surface area is 137 Å². The Hall–Kier alpha value is -1.35. The molecule has 1 aromatic carbocycles. The van der Waals surface area contributed by atoms with Crippen molar-refractivity contribution in [1.82, 2.24) is 5.43 Å². The highest BCUT2D eigenvalue weighted by Crippen LogP contribution is 2.21. The van der Waals surface area contributed by atoms with E-state index in [4.69, 9.17) is 9.15 Å². The lowest BCUT2D eigenvalue weighted by Crippen LogP contribution is -2.17. The molecule has 20 heavy (non-hydrogen) atoms. The van der Waals surface area contributed by atoms with Crippen LogP contribution in [0.2, 0.25) is 0 Å². The van der Waals surface area contributed by atoms with E-state index >= 15 is 0 Å². The third-order valence-corrected chi connectivity index (χ3v) is 4.51. The Morgan fingerprint density at radius 2 is 2.15 bits per heavy atom. The molecule has 0 saturated heterocycles. The smallest absolute Gasteiger partial charge is 0.271 e. The van der Waals surface area contributed by atoms with Crippen LogP contribution in [0.5, 0.6) is 5.75 Å². The van der Waals surface area contributed by atoms with Gasteiger partial charge in [0.1, 0.15) is 11.5 Å². The summed E-state index contributed by atoms with van der Waals surface area (Å²) in [6, 6.07) is 8.52. The molecule has 2 aromatic rings. The van der Waals surface area contributed by atoms with Crippen LogP contribution < -0.4 is 10.2 Å². The van der Waals surface area contributed by atoms with Gasteiger partial charge in [-0.3, -0.25) is 4.79 Å². The zero-order valence-corrected chi connectivity index (χ0v) is 14.1. The number of nitrogens with zero attached hydrogens (tertiary/aromatic N) is 1. The van der Waals surface area contributed by atoms with Crippen molar-refractivity contribution in [2.45, 2.75) is 0 Å². The Kier molecular flexibility index (Phi) is 5.18. The molecule has 0 saturated carbocycles. The normalized spacial score (nSPS) is 10.8. The zero-order valence-electron chi connectivity index (χ0n) is 10.4. The lowest BCUT2D eigenvalue weighted by molar-refractivity contribution is 0.0955. The number of amides is 1. The maximum atomic E-state index is 11.8. The molecule has 104 valence electrons. The molecule has 7 heteroatoms. The maximum absolute atomic E-state index is 11.8. The third kappa shape index (κ3) is 3.83. The van der Waals surface area contributed by atoms with Crippen LogP contribution in [-0.2, 0) is 0 Å². The van der Waals surface area contributed by atoms with E-state index in [0.717, 1.165) is 8.24 Å². The fraction of sp³-hybridized carbons (Fsp3) is 0.0769. The molecular weight excluding hydrogens is 439 g/mol. The molecule has 1 heterocycles. The first kappa shape index (κ1) is 15.0. The van der Waals surface area contributed by atoms with Crippen LogP contribution >= 0.6 is 38.5 Å². The minimum atomic E-state index is -0.302. The van der Waals surface area contributed by atoms with E-state index in [-0.39, 0.29) is 5.91 Å². The Balaban J connectivity index is 1.97. The van der Waals surface area contributed by atoms with Crippen molar-refractivity contribution < 1.29 is 13.9 Å². The number of nitrogens with one attached hydrogen (secondary N) is 1. The van der Waals surface area contributed by atoms with Gasteiger partial charge >= 0.3 is 0 Å². The van der Waals surface area contributed by atoms with Crippen LogP contribution in [0.4, 0.5) is 0 Å². The molecule has 1 aromatic heterocycles. The fourth-order valence-corrected chi connectivity index (χ4v) is 2.10. The SMILES string of the molecule is COc1ccc(C(=O)N/N=C\c2cc(Br)c(I)o2)cc1. The number of carbonyl (C=O) groups is 1. The molecule has 0 aliphatic rings. The first-order valence-electron chi connectivity index (χ1n) is 5.52. The maximum Gasteiger partial charge on any atom is 0.271 e. The number of halogens is 2. The van der Waals surface area contributed by atoms with E-state index in [0.29, 0.717) is 17.1 Å². The summed E-state index contributed by atoms with van der Waals surface area (Å²) in [4.78, 5) is 11.8. The van der Waals surface area contributed by atoms with Gasteiger partial charge in [0.15, 0.2) is 3.77 Å². The van der Waals surface area contributed by atoms with Gasteiger partial charge in [0.05, 0.1) is 17.8 Å². The van der Waals surface area contributed by atoms with Crippen molar-refractivity contribution in [2.75, 3.05) is 7.11 Å². The van der Waals surface area contributed by atoms with E-state index in [9.17, 15) is 4.79 Å². The van der Waals surface area contributed by atoms with Crippen LogP contribution in [0.1, 0.15) is 16.1 Å². The predicted octanol–water partition coefficient (Wildman–Crippen LogP) is 3.42. The van der Waals surface area contributed by atoms with Gasteiger partial charge in [-0.1, -0.05) is 0 Å². The number of methoxy groups -OCH3 is 1. The molecule has 0 radical (unpaired) electrons. The first-order valence-corrected chi connectivity index (χ1v) is 7.39. The van der Waals surface area contributed by atoms with E-state index in [1.54, 1.807) is 37.4 Å². The average molecular weight is 449 g/mol. The summed E-state index contributed by atoms with van der Waals surface area (Å²) in [5.74, 6) is 0.945. The number of carbonyl (C=O) groups excluding carboxylic acids is 1. The molecule has 1 N–H and O–H groups in total. The summed E-state index contributed by atoms with van der Waals surface area (Å²) in [6.45, 7) is 0. The van der Waals surface area contributed by atoms with Crippen molar-refractivity contribution in [1.29, 1.82) is 0 Å². The Bertz CT molecular complexity index is 618. The monoisotopic (exact) mass is 448 g/mol. The van der Waals surface area contributed by atoms with E-state index in [1.807, 2.05) is 0 Å². The van der Waals surface area contributed by atoms with Crippen LogP contribution in [-0.4, -0.2) is 19.2 Å². The molecule has 0 bridgehead atoms. The first-order chi connectivity index (χ1) is 9.60. The number of ether oxygens (including phenoxy) is 1. The summed E-state index contributed by atoms with van der Waals surface area (Å²) >= 11 is 5.38. The minimum absolute atomic E-state index is 0.302. The Morgan fingerprint density at radius 1 is 1.45 bits per heavy atom. The molecule has 0 aliphatic heterocycles. The Morgan fingerprint density at radius 3 is 2.70 bits per heavy atom. The second-order valence-corrected chi connectivity index (χ2v) is 5.53. The van der Waals surface area contributed by atoms with Gasteiger partial charge in [0.25, 0.3) is 5.91 Å². The third-order valence-electron chi connectivity index (χ3n) is 2.37. The van der Waals surface area contributed by atoms with E-state index in [1.165, 1.54) is 6.21 Å². The molecule has 0 spiro atoms. The molecule has 2 rings (SSSR count). The van der Waals surface area contributed by atoms with Crippen molar-refractivity contribution in [3.8, 4) is 5.75 Å². The molecule has 5 nitrogen and oxygen atoms in total. The van der Waals surface area contributed by atoms with Crippen molar-refractivity contribution >= 4 is 50.6 Å². The van der Waals surface area contributed by atoms with Crippen LogP contribution in [0.3, 0.4) is 0 Å². The summed E-state index contributed by atoms with van der Waals surface area (Å²) in [5, 5.41) is 3.84. The molecule has 1 amide bonds. The summed E-state index contributed by atoms with van der Waals surface area (Å²) in [7, 11) is 1.57. The molecular formula is C13H10BrIN2O3. The summed E-state index contributed by atoms with van der Waals surface area (Å²) < 4.78 is 12.0. The number of furan rings is 1. The number of hydrogen-bond donors (Lipinski definition) is 1.